The fourth-order valence-electron chi connectivity index (χ4n) is 1.71. The van der Waals surface area contributed by atoms with Crippen LogP contribution in [-0.2, 0) is 4.74 Å². The van der Waals surface area contributed by atoms with Gasteiger partial charge < -0.3 is 14.8 Å². The number of methoxy groups -OCH3 is 2. The van der Waals surface area contributed by atoms with Crippen LogP contribution in [0.3, 0.4) is 0 Å². The standard InChI is InChI=1S/C14H21NO3/c1-11(15-9-6-10-17-2)14(16)12-7-4-5-8-13(12)18-3/h4-5,7-8,11,15H,6,9-10H2,1-3H3. The summed E-state index contributed by atoms with van der Waals surface area (Å²) >= 11 is 0. The summed E-state index contributed by atoms with van der Waals surface area (Å²) in [6, 6.07) is 7.05. The Bertz CT molecular complexity index is 379. The number of ketones is 1. The van der Waals surface area contributed by atoms with Gasteiger partial charge in [-0.25, -0.2) is 0 Å². The van der Waals surface area contributed by atoms with E-state index in [2.05, 4.69) is 5.32 Å². The number of hydrogen-bond acceptors (Lipinski definition) is 4. The van der Waals surface area contributed by atoms with E-state index < -0.39 is 0 Å². The Morgan fingerprint density at radius 2 is 2.06 bits per heavy atom. The molecule has 1 N–H and O–H groups in total. The fraction of sp³-hybridized carbons (Fsp3) is 0.500. The van der Waals surface area contributed by atoms with Crippen LogP contribution in [-0.4, -0.2) is 39.2 Å². The maximum absolute atomic E-state index is 12.2. The lowest BCUT2D eigenvalue weighted by Gasteiger charge is -2.14. The second kappa shape index (κ2) is 7.84. The summed E-state index contributed by atoms with van der Waals surface area (Å²) in [6.45, 7) is 3.32. The van der Waals surface area contributed by atoms with Crippen molar-refractivity contribution in [3.05, 3.63) is 29.8 Å². The van der Waals surface area contributed by atoms with E-state index in [0.29, 0.717) is 17.9 Å². The SMILES string of the molecule is COCCCNC(C)C(=O)c1ccccc1OC. The Morgan fingerprint density at radius 1 is 1.33 bits per heavy atom. The third-order valence-electron chi connectivity index (χ3n) is 2.74. The van der Waals surface area contributed by atoms with Crippen LogP contribution >= 0.6 is 0 Å². The van der Waals surface area contributed by atoms with Crippen LogP contribution in [0.4, 0.5) is 0 Å². The summed E-state index contributed by atoms with van der Waals surface area (Å²) in [5.74, 6) is 0.665. The summed E-state index contributed by atoms with van der Waals surface area (Å²) in [5, 5.41) is 3.18. The average Bonchev–Trinajstić information content (AvgIpc) is 2.42. The van der Waals surface area contributed by atoms with Gasteiger partial charge in [0.05, 0.1) is 18.7 Å². The quantitative estimate of drug-likeness (QED) is 0.566. The van der Waals surface area contributed by atoms with Crippen molar-refractivity contribution in [3.63, 3.8) is 0 Å². The molecule has 0 amide bonds. The fourth-order valence-corrected chi connectivity index (χ4v) is 1.71. The Labute approximate surface area is 108 Å². The van der Waals surface area contributed by atoms with Gasteiger partial charge in [-0.05, 0) is 32.0 Å². The summed E-state index contributed by atoms with van der Waals surface area (Å²) in [5.41, 5.74) is 0.617. The topological polar surface area (TPSA) is 47.6 Å². The molecular weight excluding hydrogens is 230 g/mol. The minimum atomic E-state index is -0.224. The van der Waals surface area contributed by atoms with Crippen molar-refractivity contribution >= 4 is 5.78 Å². The van der Waals surface area contributed by atoms with Gasteiger partial charge in [-0.2, -0.15) is 0 Å². The molecule has 0 fully saturated rings. The van der Waals surface area contributed by atoms with Gasteiger partial charge in [0.1, 0.15) is 5.75 Å². The number of para-hydroxylation sites is 1. The molecule has 0 aliphatic carbocycles. The summed E-state index contributed by atoms with van der Waals surface area (Å²) in [6.07, 6.45) is 0.889. The van der Waals surface area contributed by atoms with E-state index >= 15 is 0 Å². The van der Waals surface area contributed by atoms with Crippen molar-refractivity contribution < 1.29 is 14.3 Å². The molecule has 1 aromatic rings. The van der Waals surface area contributed by atoms with Crippen molar-refractivity contribution in [1.82, 2.24) is 5.32 Å². The maximum atomic E-state index is 12.2. The number of carbonyl (C=O) groups excluding carboxylic acids is 1. The largest absolute Gasteiger partial charge is 0.496 e. The highest BCUT2D eigenvalue weighted by molar-refractivity contribution is 6.02. The molecular formula is C14H21NO3. The molecule has 0 saturated heterocycles. The van der Waals surface area contributed by atoms with Gasteiger partial charge in [0.2, 0.25) is 0 Å². The van der Waals surface area contributed by atoms with Gasteiger partial charge in [0.15, 0.2) is 5.78 Å². The van der Waals surface area contributed by atoms with Crippen LogP contribution in [0.5, 0.6) is 5.75 Å². The molecule has 4 nitrogen and oxygen atoms in total. The van der Waals surface area contributed by atoms with Gasteiger partial charge in [-0.3, -0.25) is 4.79 Å². The molecule has 0 radical (unpaired) electrons. The summed E-state index contributed by atoms with van der Waals surface area (Å²) in [7, 11) is 3.24. The van der Waals surface area contributed by atoms with E-state index in [-0.39, 0.29) is 11.8 Å². The van der Waals surface area contributed by atoms with Crippen LogP contribution in [0.15, 0.2) is 24.3 Å². The van der Waals surface area contributed by atoms with Crippen molar-refractivity contribution in [1.29, 1.82) is 0 Å². The van der Waals surface area contributed by atoms with Crippen LogP contribution in [0.25, 0.3) is 0 Å². The molecule has 0 heterocycles. The first kappa shape index (κ1) is 14.7. The first-order chi connectivity index (χ1) is 8.70. The normalized spacial score (nSPS) is 12.2. The molecule has 1 atom stereocenters. The van der Waals surface area contributed by atoms with Crippen molar-refractivity contribution in [3.8, 4) is 5.75 Å². The predicted octanol–water partition coefficient (Wildman–Crippen LogP) is 1.89. The zero-order valence-corrected chi connectivity index (χ0v) is 11.2. The number of Topliss-reactive ketones (excluding diaryl/α,β-unsaturated/α-hetero) is 1. The molecule has 0 aliphatic rings. The summed E-state index contributed by atoms with van der Waals surface area (Å²) in [4.78, 5) is 12.2. The molecule has 18 heavy (non-hydrogen) atoms. The lowest BCUT2D eigenvalue weighted by atomic mass is 10.0. The van der Waals surface area contributed by atoms with Gasteiger partial charge >= 0.3 is 0 Å². The first-order valence-corrected chi connectivity index (χ1v) is 6.10. The zero-order valence-electron chi connectivity index (χ0n) is 11.2. The highest BCUT2D eigenvalue weighted by atomic mass is 16.5. The summed E-state index contributed by atoms with van der Waals surface area (Å²) < 4.78 is 10.2. The van der Waals surface area contributed by atoms with Gasteiger partial charge in [-0.1, -0.05) is 12.1 Å². The highest BCUT2D eigenvalue weighted by Crippen LogP contribution is 2.18. The molecule has 0 saturated carbocycles. The Balaban J connectivity index is 2.57. The van der Waals surface area contributed by atoms with Gasteiger partial charge in [0, 0.05) is 13.7 Å². The first-order valence-electron chi connectivity index (χ1n) is 6.10. The smallest absolute Gasteiger partial charge is 0.183 e. The monoisotopic (exact) mass is 251 g/mol. The van der Waals surface area contributed by atoms with E-state index in [9.17, 15) is 4.79 Å². The van der Waals surface area contributed by atoms with Crippen LogP contribution in [0, 0.1) is 0 Å². The molecule has 0 aromatic heterocycles. The number of ether oxygens (including phenoxy) is 2. The van der Waals surface area contributed by atoms with E-state index in [4.69, 9.17) is 9.47 Å². The zero-order chi connectivity index (χ0) is 13.4. The molecule has 1 aromatic carbocycles. The number of hydrogen-bond donors (Lipinski definition) is 1. The number of carbonyl (C=O) groups is 1. The number of benzene rings is 1. The van der Waals surface area contributed by atoms with Crippen LogP contribution < -0.4 is 10.1 Å². The lowest BCUT2D eigenvalue weighted by molar-refractivity contribution is 0.0946. The molecule has 4 heteroatoms. The number of nitrogens with one attached hydrogen (secondary N) is 1. The average molecular weight is 251 g/mol. The second-order valence-electron chi connectivity index (χ2n) is 4.09. The third-order valence-corrected chi connectivity index (χ3v) is 2.74. The molecule has 1 unspecified atom stereocenters. The van der Waals surface area contributed by atoms with E-state index in [1.165, 1.54) is 0 Å². The minimum absolute atomic E-state index is 0.0462. The molecule has 0 aliphatic heterocycles. The van der Waals surface area contributed by atoms with E-state index in [0.717, 1.165) is 13.0 Å². The second-order valence-corrected chi connectivity index (χ2v) is 4.09. The Kier molecular flexibility index (Phi) is 6.39. The van der Waals surface area contributed by atoms with Crippen LogP contribution in [0.1, 0.15) is 23.7 Å². The Morgan fingerprint density at radius 3 is 2.72 bits per heavy atom. The van der Waals surface area contributed by atoms with Gasteiger partial charge in [0.25, 0.3) is 0 Å². The predicted molar refractivity (Wildman–Crippen MR) is 71.3 cm³/mol. The third kappa shape index (κ3) is 4.13. The van der Waals surface area contributed by atoms with Crippen molar-refractivity contribution in [2.45, 2.75) is 19.4 Å². The van der Waals surface area contributed by atoms with Crippen molar-refractivity contribution in [2.75, 3.05) is 27.4 Å². The highest BCUT2D eigenvalue weighted by Gasteiger charge is 2.17. The molecule has 1 rings (SSSR count). The van der Waals surface area contributed by atoms with Crippen molar-refractivity contribution in [2.24, 2.45) is 0 Å². The molecule has 100 valence electrons. The number of rotatable bonds is 8. The van der Waals surface area contributed by atoms with Gasteiger partial charge in [-0.15, -0.1) is 0 Å². The molecule has 0 spiro atoms. The minimum Gasteiger partial charge on any atom is -0.496 e. The lowest BCUT2D eigenvalue weighted by Crippen LogP contribution is -2.35. The van der Waals surface area contributed by atoms with E-state index in [1.807, 2.05) is 19.1 Å². The maximum Gasteiger partial charge on any atom is 0.183 e. The van der Waals surface area contributed by atoms with Crippen LogP contribution in [0.2, 0.25) is 0 Å². The van der Waals surface area contributed by atoms with E-state index in [1.54, 1.807) is 26.4 Å². The Hall–Kier alpha value is -1.39. The molecule has 0 bridgehead atoms.